The van der Waals surface area contributed by atoms with Crippen molar-refractivity contribution in [2.45, 2.75) is 83.3 Å². The molecule has 0 aromatic rings. The molecule has 2 saturated carbocycles. The number of nitrogens with one attached hydrogen (secondary N) is 2. The van der Waals surface area contributed by atoms with Gasteiger partial charge < -0.3 is 10.6 Å². The molecule has 0 aliphatic heterocycles. The molecule has 0 spiro atoms. The molecule has 0 heterocycles. The van der Waals surface area contributed by atoms with Crippen LogP contribution in [-0.2, 0) is 4.79 Å². The van der Waals surface area contributed by atoms with Crippen LogP contribution in [0.4, 0.5) is 0 Å². The molecular formula is C18H30N2O. The van der Waals surface area contributed by atoms with Gasteiger partial charge in [0, 0.05) is 17.5 Å². The van der Waals surface area contributed by atoms with Gasteiger partial charge in [-0.15, -0.1) is 0 Å². The van der Waals surface area contributed by atoms with Gasteiger partial charge in [-0.25, -0.2) is 0 Å². The first kappa shape index (κ1) is 15.1. The fourth-order valence-corrected chi connectivity index (χ4v) is 4.58. The van der Waals surface area contributed by atoms with E-state index in [1.807, 2.05) is 0 Å². The van der Waals surface area contributed by atoms with Crippen molar-refractivity contribution < 1.29 is 4.79 Å². The van der Waals surface area contributed by atoms with Gasteiger partial charge in [-0.05, 0) is 58.3 Å². The van der Waals surface area contributed by atoms with Crippen LogP contribution in [0.5, 0.6) is 0 Å². The fourth-order valence-electron chi connectivity index (χ4n) is 4.58. The van der Waals surface area contributed by atoms with E-state index in [4.69, 9.17) is 0 Å². The summed E-state index contributed by atoms with van der Waals surface area (Å²) in [6.07, 6.45) is 9.16. The van der Waals surface area contributed by atoms with Gasteiger partial charge in [0.25, 0.3) is 0 Å². The average Bonchev–Trinajstić information content (AvgIpc) is 3.04. The Hall–Kier alpha value is -0.830. The molecule has 2 N–H and O–H groups in total. The number of amides is 1. The van der Waals surface area contributed by atoms with Gasteiger partial charge in [0.2, 0.25) is 5.91 Å². The van der Waals surface area contributed by atoms with Crippen molar-refractivity contribution >= 4 is 5.91 Å². The predicted octanol–water partition coefficient (Wildman–Crippen LogP) is 3.16. The van der Waals surface area contributed by atoms with Crippen LogP contribution in [0.1, 0.15) is 66.2 Å². The van der Waals surface area contributed by atoms with E-state index in [1.54, 1.807) is 5.57 Å². The van der Waals surface area contributed by atoms with Gasteiger partial charge >= 0.3 is 0 Å². The predicted molar refractivity (Wildman–Crippen MR) is 86.0 cm³/mol. The minimum absolute atomic E-state index is 0.104. The number of hydrogen-bond donors (Lipinski definition) is 2. The third kappa shape index (κ3) is 3.50. The Kier molecular flexibility index (Phi) is 3.67. The van der Waals surface area contributed by atoms with Crippen molar-refractivity contribution in [2.75, 3.05) is 0 Å². The summed E-state index contributed by atoms with van der Waals surface area (Å²) in [5.41, 5.74) is 1.45. The van der Waals surface area contributed by atoms with E-state index >= 15 is 0 Å². The molecule has 4 rings (SSSR count). The number of hydrogen-bond acceptors (Lipinski definition) is 2. The minimum atomic E-state index is -0.197. The van der Waals surface area contributed by atoms with Crippen molar-refractivity contribution in [2.24, 2.45) is 11.8 Å². The van der Waals surface area contributed by atoms with Gasteiger partial charge in [0.05, 0.1) is 5.54 Å². The second-order valence-electron chi connectivity index (χ2n) is 8.50. The molecule has 21 heavy (non-hydrogen) atoms. The summed E-state index contributed by atoms with van der Waals surface area (Å²) in [6, 6.07) is 0.473. The summed E-state index contributed by atoms with van der Waals surface area (Å²) in [5.74, 6) is 1.37. The molecule has 3 nitrogen and oxygen atoms in total. The van der Waals surface area contributed by atoms with Crippen LogP contribution in [0.2, 0.25) is 0 Å². The number of carbonyl (C=O) groups excluding carboxylic acids is 1. The number of rotatable bonds is 4. The lowest BCUT2D eigenvalue weighted by Gasteiger charge is -2.48. The Labute approximate surface area is 128 Å². The molecule has 2 atom stereocenters. The Bertz CT molecular complexity index is 458. The highest BCUT2D eigenvalue weighted by Gasteiger charge is 2.43. The molecule has 2 unspecified atom stereocenters. The summed E-state index contributed by atoms with van der Waals surface area (Å²) in [4.78, 5) is 12.3. The number of fused-ring (bicyclic) bond motifs is 4. The molecule has 0 saturated heterocycles. The second kappa shape index (κ2) is 5.12. The summed E-state index contributed by atoms with van der Waals surface area (Å²) >= 11 is 0. The Morgan fingerprint density at radius 1 is 1.29 bits per heavy atom. The molecule has 1 amide bonds. The normalized spacial score (nSPS) is 39.1. The van der Waals surface area contributed by atoms with Crippen molar-refractivity contribution in [3.8, 4) is 0 Å². The van der Waals surface area contributed by atoms with Crippen LogP contribution in [0, 0.1) is 11.8 Å². The lowest BCUT2D eigenvalue weighted by molar-refractivity contribution is -0.123. The van der Waals surface area contributed by atoms with E-state index in [1.165, 1.54) is 19.3 Å². The summed E-state index contributed by atoms with van der Waals surface area (Å²) in [6.45, 7) is 8.98. The first-order valence-electron chi connectivity index (χ1n) is 8.57. The largest absolute Gasteiger partial charge is 0.347 e. The lowest BCUT2D eigenvalue weighted by Crippen LogP contribution is -2.58. The van der Waals surface area contributed by atoms with Gasteiger partial charge in [-0.2, -0.15) is 0 Å². The molecule has 2 bridgehead atoms. The fraction of sp³-hybridized carbons (Fsp3) is 0.833. The van der Waals surface area contributed by atoms with Crippen molar-refractivity contribution in [3.63, 3.8) is 0 Å². The molecule has 0 radical (unpaired) electrons. The summed E-state index contributed by atoms with van der Waals surface area (Å²) in [5, 5.41) is 7.13. The van der Waals surface area contributed by atoms with Crippen molar-refractivity contribution in [3.05, 3.63) is 11.6 Å². The van der Waals surface area contributed by atoms with Crippen LogP contribution in [0.3, 0.4) is 0 Å². The van der Waals surface area contributed by atoms with Crippen molar-refractivity contribution in [1.82, 2.24) is 10.6 Å². The first-order chi connectivity index (χ1) is 9.77. The van der Waals surface area contributed by atoms with Crippen molar-refractivity contribution in [1.29, 1.82) is 0 Å². The maximum atomic E-state index is 12.3. The van der Waals surface area contributed by atoms with E-state index < -0.39 is 0 Å². The van der Waals surface area contributed by atoms with E-state index in [2.05, 4.69) is 44.4 Å². The zero-order chi connectivity index (χ0) is 15.3. The van der Waals surface area contributed by atoms with E-state index in [0.717, 1.165) is 25.2 Å². The molecule has 0 aromatic heterocycles. The van der Waals surface area contributed by atoms with E-state index in [9.17, 15) is 4.79 Å². The van der Waals surface area contributed by atoms with Crippen LogP contribution >= 0.6 is 0 Å². The zero-order valence-electron chi connectivity index (χ0n) is 14.0. The highest BCUT2D eigenvalue weighted by Crippen LogP contribution is 2.45. The smallest absolute Gasteiger partial charge is 0.223 e. The highest BCUT2D eigenvalue weighted by atomic mass is 16.2. The number of allylic oxidation sites excluding steroid dienone is 1. The molecule has 4 aliphatic carbocycles. The molecule has 4 aliphatic rings. The van der Waals surface area contributed by atoms with E-state index in [-0.39, 0.29) is 22.9 Å². The third-order valence-electron chi connectivity index (χ3n) is 5.12. The first-order valence-corrected chi connectivity index (χ1v) is 8.57. The van der Waals surface area contributed by atoms with Crippen LogP contribution in [0.25, 0.3) is 0 Å². The summed E-state index contributed by atoms with van der Waals surface area (Å²) in [7, 11) is 0. The standard InChI is InChI=1S/C18H30N2O/c1-12(2)19-17(3)9-13-7-14(8-13)10-18(4,11-17)20-16(21)15-5-6-15/h10,12-13,15,19H,5-9,11H2,1-4H3,(H,20,21). The monoisotopic (exact) mass is 290 g/mol. The Morgan fingerprint density at radius 2 is 1.95 bits per heavy atom. The zero-order valence-corrected chi connectivity index (χ0v) is 14.0. The molecule has 2 fully saturated rings. The van der Waals surface area contributed by atoms with Gasteiger partial charge in [0.15, 0.2) is 0 Å². The quantitative estimate of drug-likeness (QED) is 0.781. The Balaban J connectivity index is 1.80. The maximum absolute atomic E-state index is 12.3. The molecule has 118 valence electrons. The lowest BCUT2D eigenvalue weighted by atomic mass is 9.65. The minimum Gasteiger partial charge on any atom is -0.347 e. The van der Waals surface area contributed by atoms with Gasteiger partial charge in [-0.1, -0.05) is 25.5 Å². The van der Waals surface area contributed by atoms with Gasteiger partial charge in [-0.3, -0.25) is 4.79 Å². The number of carbonyl (C=O) groups is 1. The highest BCUT2D eigenvalue weighted by molar-refractivity contribution is 5.81. The molecule has 3 heteroatoms. The van der Waals surface area contributed by atoms with Crippen LogP contribution in [0.15, 0.2) is 11.6 Å². The maximum Gasteiger partial charge on any atom is 0.223 e. The summed E-state index contributed by atoms with van der Waals surface area (Å²) < 4.78 is 0. The van der Waals surface area contributed by atoms with Crippen LogP contribution < -0.4 is 10.6 Å². The third-order valence-corrected chi connectivity index (χ3v) is 5.12. The second-order valence-corrected chi connectivity index (χ2v) is 8.50. The molecule has 0 aromatic carbocycles. The molecular weight excluding hydrogens is 260 g/mol. The SMILES string of the molecule is CC(C)NC1(C)CC2CC(=CC(C)(NC(=O)C3CC3)C1)C2. The average molecular weight is 290 g/mol. The van der Waals surface area contributed by atoms with Gasteiger partial charge in [0.1, 0.15) is 0 Å². The topological polar surface area (TPSA) is 41.1 Å². The van der Waals surface area contributed by atoms with E-state index in [0.29, 0.717) is 6.04 Å². The van der Waals surface area contributed by atoms with Crippen LogP contribution in [-0.4, -0.2) is 23.0 Å². The Morgan fingerprint density at radius 3 is 2.52 bits per heavy atom.